The van der Waals surface area contributed by atoms with Gasteiger partial charge in [0.2, 0.25) is 0 Å². The number of anilines is 1. The molecule has 11 aromatic rings. The Balaban J connectivity index is 1.13. The second-order valence-corrected chi connectivity index (χ2v) is 18.8. The van der Waals surface area contributed by atoms with Gasteiger partial charge in [-0.25, -0.2) is 20.0 Å². The zero-order valence-electron chi connectivity index (χ0n) is 37.2. The molecule has 0 atom stereocenters. The number of nitrogens with zero attached hydrogens (tertiary/aromatic N) is 4. The maximum atomic E-state index is 14.4. The van der Waals surface area contributed by atoms with Gasteiger partial charge in [0.25, 0.3) is 11.8 Å². The van der Waals surface area contributed by atoms with Crippen LogP contribution in [0.2, 0.25) is 0 Å². The number of carbonyl (C=O) groups excluding carboxylic acids is 2. The Kier molecular flexibility index (Phi) is 10.4. The SMILES string of the molecule is Cc1ccccc1C(=O)NC1=NC(=Nc2[nH]c(NC(=O)c3ccccc3C)c(-c3nc4ccc5ccccc5c4s3)c2-c2ccccc2)C(c2ccccc2)=C1c1nc2ccc3ccccc3c2s1. The number of fused-ring (bicyclic) bond motifs is 6. The molecule has 0 unspecified atom stereocenters. The first-order chi connectivity index (χ1) is 33.9. The molecule has 0 fully saturated rings. The van der Waals surface area contributed by atoms with E-state index in [1.165, 1.54) is 0 Å². The predicted octanol–water partition coefficient (Wildman–Crippen LogP) is 14.2. The van der Waals surface area contributed by atoms with Crippen molar-refractivity contribution in [3.8, 4) is 21.7 Å². The summed E-state index contributed by atoms with van der Waals surface area (Å²) in [7, 11) is 0. The molecule has 2 amide bonds. The number of carbonyl (C=O) groups is 2. The van der Waals surface area contributed by atoms with Gasteiger partial charge in [-0.3, -0.25) is 9.59 Å². The number of benzene rings is 8. The molecule has 3 N–H and O–H groups in total. The minimum absolute atomic E-state index is 0.281. The number of thiazole rings is 2. The van der Waals surface area contributed by atoms with Crippen molar-refractivity contribution >= 4 is 111 Å². The van der Waals surface area contributed by atoms with Crippen molar-refractivity contribution in [2.24, 2.45) is 9.98 Å². The third-order valence-corrected chi connectivity index (χ3v) is 14.7. The van der Waals surface area contributed by atoms with Crippen LogP contribution in [-0.4, -0.2) is 38.4 Å². The van der Waals surface area contributed by atoms with E-state index in [0.29, 0.717) is 61.2 Å². The highest BCUT2D eigenvalue weighted by Crippen LogP contribution is 2.49. The number of amidine groups is 2. The first-order valence-corrected chi connectivity index (χ1v) is 24.1. The fraction of sp³-hybridized carbons (Fsp3) is 0.0345. The maximum Gasteiger partial charge on any atom is 0.257 e. The van der Waals surface area contributed by atoms with Gasteiger partial charge in [-0.1, -0.05) is 158 Å². The molecule has 9 nitrogen and oxygen atoms in total. The number of aliphatic imine (C=N–C) groups is 2. The molecule has 0 saturated heterocycles. The van der Waals surface area contributed by atoms with Gasteiger partial charge in [0.15, 0.2) is 5.84 Å². The van der Waals surface area contributed by atoms with Gasteiger partial charge in [0, 0.05) is 33.0 Å². The Morgan fingerprint density at radius 2 is 1.01 bits per heavy atom. The molecule has 330 valence electrons. The maximum absolute atomic E-state index is 14.4. The lowest BCUT2D eigenvalue weighted by atomic mass is 9.99. The van der Waals surface area contributed by atoms with E-state index < -0.39 is 0 Å². The quantitative estimate of drug-likeness (QED) is 0.140. The summed E-state index contributed by atoms with van der Waals surface area (Å²) in [5, 5.41) is 12.2. The van der Waals surface area contributed by atoms with E-state index >= 15 is 0 Å². The highest BCUT2D eigenvalue weighted by atomic mass is 32.1. The second kappa shape index (κ2) is 17.2. The third kappa shape index (κ3) is 7.50. The second-order valence-electron chi connectivity index (χ2n) is 16.8. The van der Waals surface area contributed by atoms with E-state index in [4.69, 9.17) is 20.0 Å². The average molecular weight is 930 g/mol. The summed E-state index contributed by atoms with van der Waals surface area (Å²) in [6, 6.07) is 59.8. The van der Waals surface area contributed by atoms with Crippen LogP contribution in [0.3, 0.4) is 0 Å². The molecule has 12 rings (SSSR count). The van der Waals surface area contributed by atoms with E-state index in [-0.39, 0.29) is 11.8 Å². The Bertz CT molecular complexity index is 3980. The van der Waals surface area contributed by atoms with Gasteiger partial charge < -0.3 is 15.6 Å². The average Bonchev–Trinajstić information content (AvgIpc) is 4.18. The molecule has 3 aromatic heterocycles. The number of aromatic nitrogens is 3. The van der Waals surface area contributed by atoms with E-state index in [0.717, 1.165) is 69.8 Å². The molecule has 0 saturated carbocycles. The summed E-state index contributed by atoms with van der Waals surface area (Å²) < 4.78 is 2.06. The Labute approximate surface area is 404 Å². The molecule has 0 radical (unpaired) electrons. The summed E-state index contributed by atoms with van der Waals surface area (Å²) in [5.74, 6) is 0.954. The Hall–Kier alpha value is -8.64. The van der Waals surface area contributed by atoms with Crippen LogP contribution in [0.4, 0.5) is 11.6 Å². The molecule has 69 heavy (non-hydrogen) atoms. The lowest BCUT2D eigenvalue weighted by Crippen LogP contribution is -2.31. The molecule has 0 spiro atoms. The molecule has 0 aliphatic carbocycles. The molecule has 4 heterocycles. The van der Waals surface area contributed by atoms with E-state index in [2.05, 4.69) is 52.0 Å². The monoisotopic (exact) mass is 929 g/mol. The van der Waals surface area contributed by atoms with Crippen molar-refractivity contribution < 1.29 is 9.59 Å². The van der Waals surface area contributed by atoms with Gasteiger partial charge in [-0.2, -0.15) is 0 Å². The summed E-state index contributed by atoms with van der Waals surface area (Å²) >= 11 is 3.12. The number of amides is 2. The molecule has 11 heteroatoms. The van der Waals surface area contributed by atoms with Crippen LogP contribution in [0.15, 0.2) is 192 Å². The first-order valence-electron chi connectivity index (χ1n) is 22.5. The molecule has 1 aliphatic rings. The summed E-state index contributed by atoms with van der Waals surface area (Å²) in [4.78, 5) is 53.6. The van der Waals surface area contributed by atoms with Gasteiger partial charge in [0.1, 0.15) is 27.5 Å². The molecule has 1 aliphatic heterocycles. The van der Waals surface area contributed by atoms with E-state index in [9.17, 15) is 9.59 Å². The van der Waals surface area contributed by atoms with Crippen LogP contribution in [0.1, 0.15) is 42.4 Å². The number of hydrogen-bond donors (Lipinski definition) is 3. The Morgan fingerprint density at radius 1 is 0.507 bits per heavy atom. The highest BCUT2D eigenvalue weighted by Gasteiger charge is 2.33. The fourth-order valence-corrected chi connectivity index (χ4v) is 11.4. The number of H-pyrrole nitrogens is 1. The minimum atomic E-state index is -0.304. The summed E-state index contributed by atoms with van der Waals surface area (Å²) in [6.07, 6.45) is 0. The van der Waals surface area contributed by atoms with Crippen LogP contribution in [0.5, 0.6) is 0 Å². The molecular formula is C58H39N7O2S2. The predicted molar refractivity (Wildman–Crippen MR) is 285 cm³/mol. The minimum Gasteiger partial charge on any atom is -0.325 e. The van der Waals surface area contributed by atoms with Crippen molar-refractivity contribution in [3.63, 3.8) is 0 Å². The largest absolute Gasteiger partial charge is 0.325 e. The molecular weight excluding hydrogens is 891 g/mol. The van der Waals surface area contributed by atoms with Gasteiger partial charge in [-0.15, -0.1) is 22.7 Å². The van der Waals surface area contributed by atoms with E-state index in [1.54, 1.807) is 22.7 Å². The smallest absolute Gasteiger partial charge is 0.257 e. The van der Waals surface area contributed by atoms with Crippen molar-refractivity contribution in [1.29, 1.82) is 0 Å². The zero-order chi connectivity index (χ0) is 46.6. The summed E-state index contributed by atoms with van der Waals surface area (Å²) in [5.41, 5.74) is 8.84. The van der Waals surface area contributed by atoms with Crippen LogP contribution in [0.25, 0.3) is 74.8 Å². The number of aryl methyl sites for hydroxylation is 2. The van der Waals surface area contributed by atoms with Crippen molar-refractivity contribution in [2.45, 2.75) is 13.8 Å². The topological polar surface area (TPSA) is 124 Å². The third-order valence-electron chi connectivity index (χ3n) is 12.5. The number of aromatic amines is 1. The van der Waals surface area contributed by atoms with Gasteiger partial charge in [-0.05, 0) is 71.1 Å². The molecule has 8 aromatic carbocycles. The number of rotatable bonds is 8. The summed E-state index contributed by atoms with van der Waals surface area (Å²) in [6.45, 7) is 3.84. The lowest BCUT2D eigenvalue weighted by Gasteiger charge is -2.10. The first kappa shape index (κ1) is 41.8. The van der Waals surface area contributed by atoms with Crippen molar-refractivity contribution in [1.82, 2.24) is 20.3 Å². The van der Waals surface area contributed by atoms with Crippen molar-refractivity contribution in [3.05, 3.63) is 215 Å². The van der Waals surface area contributed by atoms with Crippen LogP contribution >= 0.6 is 22.7 Å². The van der Waals surface area contributed by atoms with Crippen LogP contribution < -0.4 is 10.6 Å². The van der Waals surface area contributed by atoms with Crippen molar-refractivity contribution in [2.75, 3.05) is 5.32 Å². The Morgan fingerprint density at radius 3 is 1.62 bits per heavy atom. The highest BCUT2D eigenvalue weighted by molar-refractivity contribution is 7.22. The normalized spacial score (nSPS) is 13.2. The van der Waals surface area contributed by atoms with Gasteiger partial charge in [0.05, 0.1) is 31.6 Å². The number of nitrogens with one attached hydrogen (secondary N) is 3. The standard InChI is InChI=1S/C58H39N7O2S2/c1-33-17-9-13-25-39(33)55(66)64-53-47(57-59-43-31-29-35-19-11-15-27-41(35)49(43)68-57)45(37-21-5-3-6-22-37)51(62-53)61-52-46(38-23-7-4-8-24-38)48(54(63-52)65-56(67)40-26-14-10-18-34(40)2)58-60-44-32-30-36-20-12-16-28-42(36)50(44)69-58/h3-32,62H,1-2H3,(H,64,66)(H,61,63,65,67). The van der Waals surface area contributed by atoms with Crippen LogP contribution in [-0.2, 0) is 0 Å². The van der Waals surface area contributed by atoms with Crippen LogP contribution in [0, 0.1) is 13.8 Å². The van der Waals surface area contributed by atoms with E-state index in [1.807, 2.05) is 159 Å². The zero-order valence-corrected chi connectivity index (χ0v) is 38.9. The number of hydrogen-bond acceptors (Lipinski definition) is 7. The molecule has 0 bridgehead atoms. The van der Waals surface area contributed by atoms with Gasteiger partial charge >= 0.3 is 0 Å². The lowest BCUT2D eigenvalue weighted by molar-refractivity contribution is 0.0975. The fourth-order valence-electron chi connectivity index (χ4n) is 9.11.